The summed E-state index contributed by atoms with van der Waals surface area (Å²) in [6, 6.07) is 42.8. The van der Waals surface area contributed by atoms with Crippen molar-refractivity contribution in [1.82, 2.24) is 4.90 Å². The normalized spacial score (nSPS) is 22.2. The van der Waals surface area contributed by atoms with Crippen molar-refractivity contribution in [1.29, 1.82) is 5.26 Å². The van der Waals surface area contributed by atoms with Crippen molar-refractivity contribution in [2.24, 2.45) is 22.9 Å². The molecule has 3 aliphatic rings. The molecular formula is C57H57N3O7. The molecule has 2 N–H and O–H groups in total. The van der Waals surface area contributed by atoms with Crippen LogP contribution in [0.2, 0.25) is 0 Å². The SMILES string of the molecule is C=CCOC12Oc3ccc(Oc4ccc5ccccc5c4)cc3C3C(CCCCO)C(CCCCO)C=C(C(=NOC)CC1N(Cc1cccc4ccccc14)C(=O)c1ccc(C#N)cc1)C32. The van der Waals surface area contributed by atoms with Gasteiger partial charge in [-0.3, -0.25) is 4.79 Å². The number of carbonyl (C=O) groups excluding carboxylic acids is 1. The number of hydrogen-bond acceptors (Lipinski definition) is 9. The van der Waals surface area contributed by atoms with Crippen LogP contribution in [0.4, 0.5) is 0 Å². The number of fused-ring (bicyclic) bond motifs is 4. The molecule has 0 aromatic heterocycles. The van der Waals surface area contributed by atoms with E-state index in [1.54, 1.807) is 37.5 Å². The predicted molar refractivity (Wildman–Crippen MR) is 261 cm³/mol. The second kappa shape index (κ2) is 20.4. The smallest absolute Gasteiger partial charge is 0.254 e. The van der Waals surface area contributed by atoms with Crippen molar-refractivity contribution in [3.8, 4) is 23.3 Å². The quantitative estimate of drug-likeness (QED) is 0.0495. The molecule has 6 aromatic carbocycles. The van der Waals surface area contributed by atoms with Gasteiger partial charge in [-0.05, 0) is 125 Å². The molecule has 67 heavy (non-hydrogen) atoms. The van der Waals surface area contributed by atoms with E-state index in [0.717, 1.165) is 63.9 Å². The summed E-state index contributed by atoms with van der Waals surface area (Å²) in [5.41, 5.74) is 4.43. The Morgan fingerprint density at radius 3 is 2.34 bits per heavy atom. The van der Waals surface area contributed by atoms with E-state index in [4.69, 9.17) is 24.2 Å². The molecule has 0 spiro atoms. The van der Waals surface area contributed by atoms with Gasteiger partial charge in [0.25, 0.3) is 5.91 Å². The molecule has 1 saturated carbocycles. The summed E-state index contributed by atoms with van der Waals surface area (Å²) in [6.07, 6.45) is 8.87. The molecular weight excluding hydrogens is 839 g/mol. The molecule has 342 valence electrons. The minimum absolute atomic E-state index is 0.0348. The summed E-state index contributed by atoms with van der Waals surface area (Å²) in [5.74, 6) is -0.354. The van der Waals surface area contributed by atoms with E-state index < -0.39 is 17.7 Å². The molecule has 9 rings (SSSR count). The van der Waals surface area contributed by atoms with Crippen LogP contribution in [-0.4, -0.2) is 65.5 Å². The highest BCUT2D eigenvalue weighted by Crippen LogP contribution is 2.62. The first kappa shape index (κ1) is 45.4. The minimum Gasteiger partial charge on any atom is -0.459 e. The summed E-state index contributed by atoms with van der Waals surface area (Å²) in [7, 11) is 1.55. The van der Waals surface area contributed by atoms with E-state index in [2.05, 4.69) is 67.3 Å². The van der Waals surface area contributed by atoms with Crippen molar-refractivity contribution < 1.29 is 34.1 Å². The van der Waals surface area contributed by atoms with Crippen LogP contribution in [0.5, 0.6) is 17.2 Å². The van der Waals surface area contributed by atoms with Crippen molar-refractivity contribution in [3.63, 3.8) is 0 Å². The lowest BCUT2D eigenvalue weighted by molar-refractivity contribution is -0.255. The number of carbonyl (C=O) groups is 1. The topological polar surface area (TPSA) is 134 Å². The van der Waals surface area contributed by atoms with E-state index in [0.29, 0.717) is 46.9 Å². The molecule has 10 heteroatoms. The Labute approximate surface area is 392 Å². The van der Waals surface area contributed by atoms with Crippen molar-refractivity contribution in [2.75, 3.05) is 26.9 Å². The Hall–Kier alpha value is -6.77. The van der Waals surface area contributed by atoms with Gasteiger partial charge in [0, 0.05) is 43.2 Å². The van der Waals surface area contributed by atoms with Gasteiger partial charge in [0.2, 0.25) is 5.79 Å². The number of allylic oxidation sites excluding steroid dienone is 1. The average molecular weight is 896 g/mol. The van der Waals surface area contributed by atoms with Crippen LogP contribution in [0.1, 0.15) is 77.9 Å². The van der Waals surface area contributed by atoms with E-state index in [1.807, 2.05) is 59.5 Å². The van der Waals surface area contributed by atoms with E-state index in [9.17, 15) is 15.5 Å². The molecule has 2 aliphatic carbocycles. The van der Waals surface area contributed by atoms with Crippen LogP contribution < -0.4 is 9.47 Å². The highest BCUT2D eigenvalue weighted by molar-refractivity contribution is 6.03. The molecule has 0 bridgehead atoms. The van der Waals surface area contributed by atoms with Gasteiger partial charge in [-0.2, -0.15) is 5.26 Å². The van der Waals surface area contributed by atoms with E-state index in [1.165, 1.54) is 0 Å². The van der Waals surface area contributed by atoms with Crippen LogP contribution in [0.3, 0.4) is 0 Å². The Bertz CT molecular complexity index is 2840. The van der Waals surface area contributed by atoms with Crippen molar-refractivity contribution in [2.45, 2.75) is 69.2 Å². The van der Waals surface area contributed by atoms with Gasteiger partial charge < -0.3 is 34.2 Å². The van der Waals surface area contributed by atoms with Crippen LogP contribution in [0.15, 0.2) is 157 Å². The lowest BCUT2D eigenvalue weighted by Gasteiger charge is -2.60. The van der Waals surface area contributed by atoms with Gasteiger partial charge in [-0.1, -0.05) is 103 Å². The fourth-order valence-corrected chi connectivity index (χ4v) is 11.0. The molecule has 6 atom stereocenters. The fourth-order valence-electron chi connectivity index (χ4n) is 11.0. The second-order valence-corrected chi connectivity index (χ2v) is 17.8. The zero-order chi connectivity index (χ0) is 46.3. The highest BCUT2D eigenvalue weighted by atomic mass is 16.7. The molecule has 1 fully saturated rings. The summed E-state index contributed by atoms with van der Waals surface area (Å²) < 4.78 is 21.5. The second-order valence-electron chi connectivity index (χ2n) is 17.8. The number of nitriles is 1. The number of unbranched alkanes of at least 4 members (excludes halogenated alkanes) is 2. The number of rotatable bonds is 18. The largest absolute Gasteiger partial charge is 0.459 e. The third-order valence-corrected chi connectivity index (χ3v) is 13.9. The lowest BCUT2D eigenvalue weighted by Crippen LogP contribution is -2.70. The van der Waals surface area contributed by atoms with Crippen molar-refractivity contribution in [3.05, 3.63) is 174 Å². The van der Waals surface area contributed by atoms with Crippen LogP contribution in [0.25, 0.3) is 21.5 Å². The number of aliphatic hydroxyl groups is 2. The first-order valence-electron chi connectivity index (χ1n) is 23.5. The van der Waals surface area contributed by atoms with Gasteiger partial charge >= 0.3 is 0 Å². The number of nitrogens with zero attached hydrogens (tertiary/aromatic N) is 3. The molecule has 1 aliphatic heterocycles. The monoisotopic (exact) mass is 895 g/mol. The van der Waals surface area contributed by atoms with Crippen LogP contribution >= 0.6 is 0 Å². The first-order chi connectivity index (χ1) is 32.9. The number of hydrogen-bond donors (Lipinski definition) is 2. The van der Waals surface area contributed by atoms with E-state index in [-0.39, 0.29) is 56.4 Å². The van der Waals surface area contributed by atoms with Gasteiger partial charge in [0.15, 0.2) is 0 Å². The zero-order valence-corrected chi connectivity index (χ0v) is 37.9. The molecule has 0 radical (unpaired) electrons. The standard InChI is InChI=1S/C57H57N3O7/c1-3-31-65-57-53(60(56(63)41-23-21-38(36-58)22-24-41)37-44-18-12-17-40-14-6-7-19-47(40)44)35-51(59-64-2)49-33-43(16-8-10-29-61)48(20-9-11-30-62)54(55(49)57)50-34-46(27-28-52(50)67-57)66-45-26-25-39-13-4-5-15-42(39)32-45/h3-7,12-15,17-19,21-28,32-34,43,48,53-55,61-62H,1,8-11,16,20,29-31,35,37H2,2H3. The van der Waals surface area contributed by atoms with Crippen molar-refractivity contribution >= 4 is 33.2 Å². The minimum atomic E-state index is -1.47. The number of benzene rings is 6. The zero-order valence-electron chi connectivity index (χ0n) is 37.9. The number of amides is 1. The summed E-state index contributed by atoms with van der Waals surface area (Å²) in [6.45, 7) is 4.62. The lowest BCUT2D eigenvalue weighted by atomic mass is 9.55. The third-order valence-electron chi connectivity index (χ3n) is 13.9. The molecule has 1 amide bonds. The van der Waals surface area contributed by atoms with Gasteiger partial charge in [0.1, 0.15) is 30.4 Å². The summed E-state index contributed by atoms with van der Waals surface area (Å²) in [4.78, 5) is 23.1. The Morgan fingerprint density at radius 2 is 1.58 bits per heavy atom. The molecule has 10 nitrogen and oxygen atoms in total. The van der Waals surface area contributed by atoms with Crippen LogP contribution in [-0.2, 0) is 16.1 Å². The van der Waals surface area contributed by atoms with Crippen LogP contribution in [0, 0.1) is 29.1 Å². The summed E-state index contributed by atoms with van der Waals surface area (Å²) >= 11 is 0. The van der Waals surface area contributed by atoms with E-state index >= 15 is 4.79 Å². The predicted octanol–water partition coefficient (Wildman–Crippen LogP) is 11.3. The fraction of sp³-hybridized carbons (Fsp3) is 0.316. The number of ether oxygens (including phenoxy) is 3. The number of oxime groups is 1. The molecule has 0 saturated heterocycles. The summed E-state index contributed by atoms with van der Waals surface area (Å²) in [5, 5.41) is 38.8. The average Bonchev–Trinajstić information content (AvgIpc) is 3.36. The maximum Gasteiger partial charge on any atom is 0.254 e. The maximum absolute atomic E-state index is 15.5. The molecule has 1 heterocycles. The van der Waals surface area contributed by atoms with Gasteiger partial charge in [0.05, 0.1) is 29.9 Å². The molecule has 6 unspecified atom stereocenters. The maximum atomic E-state index is 15.5. The third kappa shape index (κ3) is 9.07. The molecule has 6 aromatic rings. The van der Waals surface area contributed by atoms with Gasteiger partial charge in [-0.15, -0.1) is 6.58 Å². The first-order valence-corrected chi connectivity index (χ1v) is 23.5. The van der Waals surface area contributed by atoms with Gasteiger partial charge in [-0.25, -0.2) is 0 Å². The number of aliphatic hydroxyl groups excluding tert-OH is 2. The Kier molecular flexibility index (Phi) is 13.8. The Balaban J connectivity index is 1.26. The Morgan fingerprint density at radius 1 is 0.866 bits per heavy atom. The highest BCUT2D eigenvalue weighted by Gasteiger charge is 2.65.